The van der Waals surface area contributed by atoms with Gasteiger partial charge in [-0.25, -0.2) is 18.4 Å². The van der Waals surface area contributed by atoms with E-state index in [-0.39, 0.29) is 25.0 Å². The second-order valence-electron chi connectivity index (χ2n) is 5.23. The van der Waals surface area contributed by atoms with Gasteiger partial charge in [0.05, 0.1) is 23.5 Å². The third kappa shape index (κ3) is 3.34. The Hall–Kier alpha value is -1.79. The highest BCUT2D eigenvalue weighted by atomic mass is 32.2. The Morgan fingerprint density at radius 3 is 2.50 bits per heavy atom. The predicted molar refractivity (Wildman–Crippen MR) is 88.8 cm³/mol. The fraction of sp³-hybridized carbons (Fsp3) is 0.375. The maximum atomic E-state index is 11.8. The zero-order valence-electron chi connectivity index (χ0n) is 11.8. The van der Waals surface area contributed by atoms with Crippen LogP contribution < -0.4 is 5.01 Å². The number of nitrogens with zero attached hydrogens (tertiary/aromatic N) is 2. The zero-order chi connectivity index (χ0) is 14.9. The lowest BCUT2D eigenvalue weighted by molar-refractivity contribution is 0.219. The van der Waals surface area contributed by atoms with Crippen LogP contribution in [0.3, 0.4) is 0 Å². The first kappa shape index (κ1) is 16.6. The van der Waals surface area contributed by atoms with E-state index in [1.165, 1.54) is 0 Å². The molecule has 1 saturated heterocycles. The van der Waals surface area contributed by atoms with Crippen LogP contribution in [-0.2, 0) is 9.84 Å². The molecular weight excluding hydrogens is 300 g/mol. The summed E-state index contributed by atoms with van der Waals surface area (Å²) in [6, 6.07) is 13.4. The molecule has 1 unspecified atom stereocenters. The highest BCUT2D eigenvalue weighted by Crippen LogP contribution is 2.30. The molecular formula is C16H22N2O3S. The molecule has 0 saturated carbocycles. The summed E-state index contributed by atoms with van der Waals surface area (Å²) in [7, 11) is -2.95. The Labute approximate surface area is 132 Å². The average Bonchev–Trinajstić information content (AvgIpc) is 2.96. The summed E-state index contributed by atoms with van der Waals surface area (Å²) in [6.07, 6.45) is 1.62. The van der Waals surface area contributed by atoms with Crippen LogP contribution in [0.5, 0.6) is 0 Å². The molecule has 1 aromatic carbocycles. The van der Waals surface area contributed by atoms with Gasteiger partial charge in [0.2, 0.25) is 5.88 Å². The first-order chi connectivity index (χ1) is 10.1. The molecule has 120 valence electrons. The SMILES string of the molecule is C.CC1CS(=O)(=O)CCN1N(c1ccccc1)c1ccco1. The highest BCUT2D eigenvalue weighted by molar-refractivity contribution is 7.91. The first-order valence-electron chi connectivity index (χ1n) is 6.92. The molecule has 1 fully saturated rings. The van der Waals surface area contributed by atoms with E-state index in [1.54, 1.807) is 6.26 Å². The topological polar surface area (TPSA) is 53.8 Å². The molecule has 1 aliphatic rings. The molecule has 0 aliphatic carbocycles. The van der Waals surface area contributed by atoms with Gasteiger partial charge >= 0.3 is 0 Å². The Bertz CT molecular complexity index is 683. The minimum atomic E-state index is -2.95. The van der Waals surface area contributed by atoms with Gasteiger partial charge in [0, 0.05) is 18.7 Å². The lowest BCUT2D eigenvalue weighted by Crippen LogP contribution is -2.53. The minimum Gasteiger partial charge on any atom is -0.447 e. The Morgan fingerprint density at radius 2 is 1.91 bits per heavy atom. The Morgan fingerprint density at radius 1 is 1.18 bits per heavy atom. The number of hydrogen-bond donors (Lipinski definition) is 0. The molecule has 0 radical (unpaired) electrons. The number of sulfone groups is 1. The zero-order valence-corrected chi connectivity index (χ0v) is 12.7. The monoisotopic (exact) mass is 322 g/mol. The van der Waals surface area contributed by atoms with E-state index in [1.807, 2.05) is 54.4 Å². The average molecular weight is 322 g/mol. The Kier molecular flexibility index (Phi) is 4.93. The largest absolute Gasteiger partial charge is 0.447 e. The van der Waals surface area contributed by atoms with Crippen LogP contribution >= 0.6 is 0 Å². The smallest absolute Gasteiger partial charge is 0.214 e. The molecule has 0 spiro atoms. The van der Waals surface area contributed by atoms with Crippen molar-refractivity contribution in [2.45, 2.75) is 20.4 Å². The number of hydrogen-bond acceptors (Lipinski definition) is 5. The van der Waals surface area contributed by atoms with Crippen LogP contribution in [-0.4, -0.2) is 37.5 Å². The van der Waals surface area contributed by atoms with Gasteiger partial charge in [0.15, 0.2) is 9.84 Å². The number of furan rings is 1. The Balaban J connectivity index is 0.00000176. The van der Waals surface area contributed by atoms with Gasteiger partial charge in [-0.05, 0) is 25.1 Å². The molecule has 5 nitrogen and oxygen atoms in total. The van der Waals surface area contributed by atoms with Gasteiger partial charge in [-0.3, -0.25) is 0 Å². The normalized spacial score (nSPS) is 21.0. The number of para-hydroxylation sites is 1. The van der Waals surface area contributed by atoms with Gasteiger partial charge in [-0.1, -0.05) is 25.6 Å². The predicted octanol–water partition coefficient (Wildman–Crippen LogP) is 3.09. The standard InChI is InChI=1S/C15H18N2O3S.CH4/c1-13-12-21(18,19)11-9-16(13)17(15-8-5-10-20-15)14-6-3-2-4-7-14;/h2-8,10,13H,9,11-12H2,1H3;1H4. The van der Waals surface area contributed by atoms with E-state index in [0.29, 0.717) is 12.4 Å². The van der Waals surface area contributed by atoms with Crippen molar-refractivity contribution in [3.8, 4) is 0 Å². The maximum absolute atomic E-state index is 11.8. The van der Waals surface area contributed by atoms with E-state index in [0.717, 1.165) is 5.69 Å². The van der Waals surface area contributed by atoms with Crippen molar-refractivity contribution in [1.82, 2.24) is 5.01 Å². The summed E-state index contributed by atoms with van der Waals surface area (Å²) in [4.78, 5) is 0. The second-order valence-corrected chi connectivity index (χ2v) is 7.45. The molecule has 0 bridgehead atoms. The molecule has 2 heterocycles. The molecule has 1 aliphatic heterocycles. The molecule has 0 amide bonds. The van der Waals surface area contributed by atoms with Crippen molar-refractivity contribution >= 4 is 21.4 Å². The fourth-order valence-electron chi connectivity index (χ4n) is 2.65. The molecule has 2 aromatic rings. The summed E-state index contributed by atoms with van der Waals surface area (Å²) in [5.41, 5.74) is 0.957. The number of benzene rings is 1. The van der Waals surface area contributed by atoms with Crippen molar-refractivity contribution in [2.24, 2.45) is 0 Å². The maximum Gasteiger partial charge on any atom is 0.214 e. The van der Waals surface area contributed by atoms with Crippen LogP contribution in [0.2, 0.25) is 0 Å². The van der Waals surface area contributed by atoms with Crippen molar-refractivity contribution in [3.63, 3.8) is 0 Å². The summed E-state index contributed by atoms with van der Waals surface area (Å²) < 4.78 is 29.1. The van der Waals surface area contributed by atoms with Crippen LogP contribution in [0.25, 0.3) is 0 Å². The summed E-state index contributed by atoms with van der Waals surface area (Å²) in [5.74, 6) is 1.02. The second kappa shape index (κ2) is 6.54. The summed E-state index contributed by atoms with van der Waals surface area (Å²) >= 11 is 0. The van der Waals surface area contributed by atoms with Crippen molar-refractivity contribution < 1.29 is 12.8 Å². The van der Waals surface area contributed by atoms with Crippen LogP contribution in [0.4, 0.5) is 11.6 Å². The number of anilines is 2. The van der Waals surface area contributed by atoms with E-state index in [4.69, 9.17) is 4.42 Å². The molecule has 22 heavy (non-hydrogen) atoms. The highest BCUT2D eigenvalue weighted by Gasteiger charge is 2.33. The van der Waals surface area contributed by atoms with Crippen molar-refractivity contribution in [3.05, 3.63) is 48.7 Å². The first-order valence-corrected chi connectivity index (χ1v) is 8.75. The van der Waals surface area contributed by atoms with E-state index in [9.17, 15) is 8.42 Å². The third-order valence-corrected chi connectivity index (χ3v) is 5.40. The van der Waals surface area contributed by atoms with Crippen molar-refractivity contribution in [2.75, 3.05) is 23.1 Å². The van der Waals surface area contributed by atoms with E-state index < -0.39 is 9.84 Å². The van der Waals surface area contributed by atoms with E-state index in [2.05, 4.69) is 5.01 Å². The third-order valence-electron chi connectivity index (χ3n) is 3.61. The van der Waals surface area contributed by atoms with Crippen molar-refractivity contribution in [1.29, 1.82) is 0 Å². The molecule has 0 N–H and O–H groups in total. The summed E-state index contributed by atoms with van der Waals surface area (Å²) in [5, 5.41) is 4.01. The van der Waals surface area contributed by atoms with Gasteiger partial charge in [0.25, 0.3) is 0 Å². The van der Waals surface area contributed by atoms with Gasteiger partial charge in [-0.2, -0.15) is 0 Å². The van der Waals surface area contributed by atoms with Crippen LogP contribution in [0, 0.1) is 0 Å². The fourth-order valence-corrected chi connectivity index (χ4v) is 4.19. The van der Waals surface area contributed by atoms with Gasteiger partial charge < -0.3 is 4.42 Å². The molecule has 6 heteroatoms. The number of rotatable bonds is 3. The van der Waals surface area contributed by atoms with E-state index >= 15 is 0 Å². The van der Waals surface area contributed by atoms with Crippen LogP contribution in [0.15, 0.2) is 53.1 Å². The quantitative estimate of drug-likeness (QED) is 0.869. The minimum absolute atomic E-state index is 0. The lowest BCUT2D eigenvalue weighted by atomic mass is 10.3. The molecule has 1 atom stereocenters. The van der Waals surface area contributed by atoms with Gasteiger partial charge in [0.1, 0.15) is 0 Å². The molecule has 1 aromatic heterocycles. The summed E-state index contributed by atoms with van der Waals surface area (Å²) in [6.45, 7) is 2.38. The lowest BCUT2D eigenvalue weighted by Gasteiger charge is -2.41. The molecule has 3 rings (SSSR count). The number of hydrazine groups is 1. The van der Waals surface area contributed by atoms with Crippen LogP contribution in [0.1, 0.15) is 14.4 Å². The van der Waals surface area contributed by atoms with Gasteiger partial charge in [-0.15, -0.1) is 0 Å².